The molecule has 2 aliphatic heterocycles. The van der Waals surface area contributed by atoms with Gasteiger partial charge in [0.15, 0.2) is 0 Å². The van der Waals surface area contributed by atoms with E-state index in [-0.39, 0.29) is 24.0 Å². The van der Waals surface area contributed by atoms with E-state index in [1.54, 1.807) is 19.1 Å². The molecule has 0 saturated carbocycles. The van der Waals surface area contributed by atoms with Crippen LogP contribution in [0.3, 0.4) is 0 Å². The Morgan fingerprint density at radius 1 is 1.25 bits per heavy atom. The largest absolute Gasteiger partial charge is 0.339 e. The van der Waals surface area contributed by atoms with Crippen LogP contribution < -0.4 is 5.32 Å². The number of hydrogen-bond acceptors (Lipinski definition) is 6. The van der Waals surface area contributed by atoms with Crippen LogP contribution in [-0.2, 0) is 13.1 Å². The van der Waals surface area contributed by atoms with Crippen LogP contribution in [0.4, 0.5) is 5.69 Å². The number of nitrogens with one attached hydrogen (secondary N) is 1. The molecule has 1 aromatic heterocycles. The minimum Gasteiger partial charge on any atom is -0.339 e. The van der Waals surface area contributed by atoms with Crippen LogP contribution in [0.1, 0.15) is 46.3 Å². The first-order valence-electron chi connectivity index (χ1n) is 9.21. The number of aromatic nitrogens is 3. The lowest BCUT2D eigenvalue weighted by molar-refractivity contribution is -0.385. The predicted molar refractivity (Wildman–Crippen MR) is 105 cm³/mol. The third kappa shape index (κ3) is 3.72. The number of benzene rings is 1. The number of likely N-dealkylation sites (tertiary alicyclic amines) is 1. The van der Waals surface area contributed by atoms with Gasteiger partial charge in [0.1, 0.15) is 11.6 Å². The first-order valence-corrected chi connectivity index (χ1v) is 9.21. The predicted octanol–water partition coefficient (Wildman–Crippen LogP) is 2.04. The molecular weight excluding hydrogens is 384 g/mol. The van der Waals surface area contributed by atoms with E-state index in [2.05, 4.69) is 20.1 Å². The molecule has 0 unspecified atom stereocenters. The van der Waals surface area contributed by atoms with Gasteiger partial charge in [0.05, 0.1) is 11.5 Å². The van der Waals surface area contributed by atoms with Crippen LogP contribution in [-0.4, -0.2) is 50.1 Å². The molecule has 10 heteroatoms. The van der Waals surface area contributed by atoms with Gasteiger partial charge in [-0.05, 0) is 31.9 Å². The number of halogens is 1. The number of carbonyl (C=O) groups is 1. The Morgan fingerprint density at radius 3 is 2.68 bits per heavy atom. The van der Waals surface area contributed by atoms with Crippen molar-refractivity contribution in [1.82, 2.24) is 25.0 Å². The Morgan fingerprint density at radius 2 is 2.00 bits per heavy atom. The Kier molecular flexibility index (Phi) is 5.95. The van der Waals surface area contributed by atoms with Crippen molar-refractivity contribution in [2.45, 2.75) is 38.8 Å². The number of nitro groups is 1. The molecule has 0 spiro atoms. The van der Waals surface area contributed by atoms with Gasteiger partial charge in [-0.2, -0.15) is 0 Å². The number of nitrogens with zero attached hydrogens (tertiary/aromatic N) is 5. The van der Waals surface area contributed by atoms with E-state index in [4.69, 9.17) is 0 Å². The van der Waals surface area contributed by atoms with Crippen LogP contribution in [0.15, 0.2) is 18.2 Å². The molecular formula is C18H23ClN6O3. The zero-order chi connectivity index (χ0) is 19.0. The molecule has 4 rings (SSSR count). The summed E-state index contributed by atoms with van der Waals surface area (Å²) >= 11 is 0. The molecule has 9 nitrogen and oxygen atoms in total. The summed E-state index contributed by atoms with van der Waals surface area (Å²) in [7, 11) is 0. The van der Waals surface area contributed by atoms with Crippen LogP contribution in [0.2, 0.25) is 0 Å². The van der Waals surface area contributed by atoms with E-state index in [0.29, 0.717) is 30.1 Å². The maximum Gasteiger partial charge on any atom is 0.272 e. The molecule has 0 atom stereocenters. The van der Waals surface area contributed by atoms with Gasteiger partial charge in [0, 0.05) is 49.3 Å². The van der Waals surface area contributed by atoms with Crippen molar-refractivity contribution in [3.63, 3.8) is 0 Å². The maximum atomic E-state index is 12.8. The summed E-state index contributed by atoms with van der Waals surface area (Å²) in [5.41, 5.74) is 1.04. The molecule has 0 radical (unpaired) electrons. The van der Waals surface area contributed by atoms with E-state index in [1.807, 2.05) is 4.90 Å². The highest BCUT2D eigenvalue weighted by atomic mass is 35.5. The standard InChI is InChI=1S/C18H22N6O3.ClH/c1-12-10-14(2-3-15(12)24(26)27)18(25)22-7-4-13(5-8-22)17-21-20-16-11-19-6-9-23(16)17;/h2-3,10,13,19H,4-9,11H2,1H3;1H. The van der Waals surface area contributed by atoms with E-state index >= 15 is 0 Å². The van der Waals surface area contributed by atoms with E-state index < -0.39 is 4.92 Å². The normalized spacial score (nSPS) is 17.0. The van der Waals surface area contributed by atoms with Gasteiger partial charge >= 0.3 is 0 Å². The molecule has 1 N–H and O–H groups in total. The summed E-state index contributed by atoms with van der Waals surface area (Å²) in [6, 6.07) is 4.56. The number of fused-ring (bicyclic) bond motifs is 1. The summed E-state index contributed by atoms with van der Waals surface area (Å²) in [6.45, 7) is 5.53. The third-order valence-electron chi connectivity index (χ3n) is 5.44. The topological polar surface area (TPSA) is 106 Å². The quantitative estimate of drug-likeness (QED) is 0.617. The molecule has 0 bridgehead atoms. The summed E-state index contributed by atoms with van der Waals surface area (Å²) in [4.78, 5) is 25.1. The lowest BCUT2D eigenvalue weighted by atomic mass is 9.95. The number of aryl methyl sites for hydroxylation is 1. The van der Waals surface area contributed by atoms with Crippen molar-refractivity contribution < 1.29 is 9.72 Å². The molecule has 28 heavy (non-hydrogen) atoms. The average Bonchev–Trinajstić information content (AvgIpc) is 3.11. The van der Waals surface area contributed by atoms with Gasteiger partial charge in [-0.15, -0.1) is 22.6 Å². The Hall–Kier alpha value is -2.52. The number of nitro benzene ring substituents is 1. The molecule has 1 aromatic carbocycles. The van der Waals surface area contributed by atoms with Crippen molar-refractivity contribution in [3.05, 3.63) is 51.1 Å². The molecule has 3 heterocycles. The lowest BCUT2D eigenvalue weighted by Crippen LogP contribution is -2.39. The zero-order valence-corrected chi connectivity index (χ0v) is 16.4. The van der Waals surface area contributed by atoms with Crippen LogP contribution >= 0.6 is 12.4 Å². The summed E-state index contributed by atoms with van der Waals surface area (Å²) in [5, 5.41) is 22.9. The fourth-order valence-corrected chi connectivity index (χ4v) is 3.93. The van der Waals surface area contributed by atoms with E-state index in [1.165, 1.54) is 6.07 Å². The Labute approximate surface area is 168 Å². The second kappa shape index (κ2) is 8.24. The number of carbonyl (C=O) groups excluding carboxylic acids is 1. The van der Waals surface area contributed by atoms with Crippen LogP contribution in [0.25, 0.3) is 0 Å². The first-order chi connectivity index (χ1) is 13.0. The van der Waals surface area contributed by atoms with Gasteiger partial charge in [-0.1, -0.05) is 0 Å². The summed E-state index contributed by atoms with van der Waals surface area (Å²) in [6.07, 6.45) is 1.70. The van der Waals surface area contributed by atoms with Crippen molar-refractivity contribution >= 4 is 24.0 Å². The molecule has 1 amide bonds. The second-order valence-corrected chi connectivity index (χ2v) is 7.13. The number of hydrogen-bond donors (Lipinski definition) is 1. The molecule has 0 aliphatic carbocycles. The summed E-state index contributed by atoms with van der Waals surface area (Å²) < 4.78 is 2.21. The second-order valence-electron chi connectivity index (χ2n) is 7.13. The Balaban J connectivity index is 0.00000225. The molecule has 150 valence electrons. The molecule has 2 aliphatic rings. The molecule has 1 fully saturated rings. The zero-order valence-electron chi connectivity index (χ0n) is 15.6. The van der Waals surface area contributed by atoms with Gasteiger partial charge in [0.2, 0.25) is 0 Å². The number of rotatable bonds is 3. The van der Waals surface area contributed by atoms with Crippen LogP contribution in [0, 0.1) is 17.0 Å². The van der Waals surface area contributed by atoms with Gasteiger partial charge < -0.3 is 14.8 Å². The number of piperidine rings is 1. The monoisotopic (exact) mass is 406 g/mol. The molecule has 1 saturated heterocycles. The maximum absolute atomic E-state index is 12.8. The Bertz CT molecular complexity index is 891. The van der Waals surface area contributed by atoms with Gasteiger partial charge in [-0.25, -0.2) is 0 Å². The van der Waals surface area contributed by atoms with E-state index in [0.717, 1.165) is 44.1 Å². The molecule has 2 aromatic rings. The van der Waals surface area contributed by atoms with Crippen LogP contribution in [0.5, 0.6) is 0 Å². The minimum absolute atomic E-state index is 0. The number of amides is 1. The SMILES string of the molecule is Cc1cc(C(=O)N2CCC(c3nnc4n3CCNC4)CC2)ccc1[N+](=O)[O-].Cl. The van der Waals surface area contributed by atoms with Crippen molar-refractivity contribution in [2.24, 2.45) is 0 Å². The summed E-state index contributed by atoms with van der Waals surface area (Å²) in [5.74, 6) is 2.26. The van der Waals surface area contributed by atoms with Gasteiger partial charge in [-0.3, -0.25) is 14.9 Å². The lowest BCUT2D eigenvalue weighted by Gasteiger charge is -2.32. The third-order valence-corrected chi connectivity index (χ3v) is 5.44. The highest BCUT2D eigenvalue weighted by Crippen LogP contribution is 2.29. The van der Waals surface area contributed by atoms with Gasteiger partial charge in [0.25, 0.3) is 11.6 Å². The van der Waals surface area contributed by atoms with Crippen molar-refractivity contribution in [1.29, 1.82) is 0 Å². The van der Waals surface area contributed by atoms with E-state index in [9.17, 15) is 14.9 Å². The highest BCUT2D eigenvalue weighted by molar-refractivity contribution is 5.94. The first kappa shape index (κ1) is 20.2. The fourth-order valence-electron chi connectivity index (χ4n) is 3.93. The smallest absolute Gasteiger partial charge is 0.272 e. The van der Waals surface area contributed by atoms with Crippen molar-refractivity contribution in [3.8, 4) is 0 Å². The van der Waals surface area contributed by atoms with Crippen molar-refractivity contribution in [2.75, 3.05) is 19.6 Å². The highest BCUT2D eigenvalue weighted by Gasteiger charge is 2.29. The minimum atomic E-state index is -0.427. The fraction of sp³-hybridized carbons (Fsp3) is 0.500. The average molecular weight is 407 g/mol.